The van der Waals surface area contributed by atoms with E-state index in [0.29, 0.717) is 16.9 Å². The van der Waals surface area contributed by atoms with Crippen molar-refractivity contribution in [2.75, 3.05) is 13.1 Å². The normalized spacial score (nSPS) is 32.4. The van der Waals surface area contributed by atoms with Crippen LogP contribution in [0.1, 0.15) is 12.8 Å². The fourth-order valence-corrected chi connectivity index (χ4v) is 3.28. The average molecular weight is 322 g/mol. The topological polar surface area (TPSA) is 41.5 Å². The highest BCUT2D eigenvalue weighted by molar-refractivity contribution is 6.30. The molecule has 0 radical (unpaired) electrons. The van der Waals surface area contributed by atoms with Gasteiger partial charge in [0.2, 0.25) is 0 Å². The van der Waals surface area contributed by atoms with Crippen LogP contribution in [-0.2, 0) is 0 Å². The minimum absolute atomic E-state index is 0. The van der Waals surface area contributed by atoms with Crippen molar-refractivity contribution in [2.24, 2.45) is 11.8 Å². The Kier molecular flexibility index (Phi) is 5.13. The smallest absolute Gasteiger partial charge is 0.166 e. The lowest BCUT2D eigenvalue weighted by molar-refractivity contribution is -0.0246. The van der Waals surface area contributed by atoms with Gasteiger partial charge >= 0.3 is 0 Å². The van der Waals surface area contributed by atoms with E-state index in [4.69, 9.17) is 16.3 Å². The molecule has 1 saturated heterocycles. The minimum atomic E-state index is -0.531. The molecular formula is C14H18Cl2FNO2. The van der Waals surface area contributed by atoms with Crippen molar-refractivity contribution in [3.05, 3.63) is 29.0 Å². The number of aliphatic hydroxyl groups is 1. The Morgan fingerprint density at radius 2 is 1.95 bits per heavy atom. The summed E-state index contributed by atoms with van der Waals surface area (Å²) in [6, 6.07) is 4.34. The van der Waals surface area contributed by atoms with E-state index in [1.165, 1.54) is 12.1 Å². The van der Waals surface area contributed by atoms with E-state index in [2.05, 4.69) is 5.32 Å². The molecule has 0 aromatic heterocycles. The second-order valence-corrected chi connectivity index (χ2v) is 5.88. The van der Waals surface area contributed by atoms with Crippen LogP contribution in [0.5, 0.6) is 5.75 Å². The highest BCUT2D eigenvalue weighted by Gasteiger charge is 2.40. The SMILES string of the molecule is Cl.O[C@@H]1C[C@H]2CNC[C@H]2C[C@H]1Oc1ccc(Cl)cc1F. The molecule has 1 saturated carbocycles. The van der Waals surface area contributed by atoms with Crippen LogP contribution in [0.2, 0.25) is 5.02 Å². The van der Waals surface area contributed by atoms with Crippen molar-refractivity contribution < 1.29 is 14.2 Å². The van der Waals surface area contributed by atoms with Gasteiger partial charge in [0.05, 0.1) is 6.10 Å². The molecule has 1 aliphatic carbocycles. The van der Waals surface area contributed by atoms with Gasteiger partial charge in [0.25, 0.3) is 0 Å². The van der Waals surface area contributed by atoms with Crippen LogP contribution in [0.4, 0.5) is 4.39 Å². The van der Waals surface area contributed by atoms with Crippen molar-refractivity contribution in [3.63, 3.8) is 0 Å². The third kappa shape index (κ3) is 3.19. The van der Waals surface area contributed by atoms with Gasteiger partial charge in [-0.15, -0.1) is 12.4 Å². The number of benzene rings is 1. The maximum Gasteiger partial charge on any atom is 0.166 e. The zero-order chi connectivity index (χ0) is 13.4. The Labute approximate surface area is 128 Å². The first kappa shape index (κ1) is 15.8. The third-order valence-electron chi connectivity index (χ3n) is 4.16. The summed E-state index contributed by atoms with van der Waals surface area (Å²) in [5.41, 5.74) is 0. The highest BCUT2D eigenvalue weighted by atomic mass is 35.5. The molecule has 112 valence electrons. The van der Waals surface area contributed by atoms with Gasteiger partial charge in [0.1, 0.15) is 6.10 Å². The van der Waals surface area contributed by atoms with Crippen LogP contribution in [0.25, 0.3) is 0 Å². The molecule has 1 aromatic carbocycles. The van der Waals surface area contributed by atoms with Crippen molar-refractivity contribution in [3.8, 4) is 5.75 Å². The second-order valence-electron chi connectivity index (χ2n) is 5.45. The molecule has 1 aromatic rings. The quantitative estimate of drug-likeness (QED) is 0.880. The van der Waals surface area contributed by atoms with Gasteiger partial charge in [-0.3, -0.25) is 0 Å². The number of nitrogens with one attached hydrogen (secondary N) is 1. The summed E-state index contributed by atoms with van der Waals surface area (Å²) >= 11 is 5.71. The van der Waals surface area contributed by atoms with E-state index in [1.807, 2.05) is 0 Å². The predicted octanol–water partition coefficient (Wildman–Crippen LogP) is 2.64. The number of hydrogen-bond donors (Lipinski definition) is 2. The summed E-state index contributed by atoms with van der Waals surface area (Å²) in [6.07, 6.45) is 0.617. The first-order valence-electron chi connectivity index (χ1n) is 6.64. The van der Waals surface area contributed by atoms with Gasteiger partial charge in [-0.1, -0.05) is 11.6 Å². The van der Waals surface area contributed by atoms with E-state index < -0.39 is 11.9 Å². The number of halogens is 3. The largest absolute Gasteiger partial charge is 0.485 e. The summed E-state index contributed by atoms with van der Waals surface area (Å²) in [5, 5.41) is 13.8. The number of hydrogen-bond acceptors (Lipinski definition) is 3. The van der Waals surface area contributed by atoms with Crippen LogP contribution in [0, 0.1) is 17.7 Å². The molecule has 1 heterocycles. The molecule has 20 heavy (non-hydrogen) atoms. The molecule has 2 N–H and O–H groups in total. The van der Waals surface area contributed by atoms with Crippen LogP contribution < -0.4 is 10.1 Å². The Balaban J connectivity index is 0.00000147. The molecule has 2 fully saturated rings. The van der Waals surface area contributed by atoms with Gasteiger partial charge in [0.15, 0.2) is 11.6 Å². The summed E-state index contributed by atoms with van der Waals surface area (Å²) < 4.78 is 19.3. The molecular weight excluding hydrogens is 304 g/mol. The highest BCUT2D eigenvalue weighted by Crippen LogP contribution is 2.35. The van der Waals surface area contributed by atoms with Gasteiger partial charge in [-0.25, -0.2) is 4.39 Å². The van der Waals surface area contributed by atoms with Crippen molar-refractivity contribution >= 4 is 24.0 Å². The van der Waals surface area contributed by atoms with E-state index in [1.54, 1.807) is 6.07 Å². The summed E-state index contributed by atoms with van der Waals surface area (Å²) in [6.45, 7) is 1.92. The maximum absolute atomic E-state index is 13.7. The van der Waals surface area contributed by atoms with Gasteiger partial charge < -0.3 is 15.2 Å². The molecule has 0 bridgehead atoms. The Morgan fingerprint density at radius 3 is 2.65 bits per heavy atom. The van der Waals surface area contributed by atoms with Crippen molar-refractivity contribution in [2.45, 2.75) is 25.0 Å². The average Bonchev–Trinajstić information content (AvgIpc) is 2.80. The molecule has 3 nitrogen and oxygen atoms in total. The Hall–Kier alpha value is -0.550. The standard InChI is InChI=1S/C14H17ClFNO2.ClH/c15-10-1-2-13(11(16)5-10)19-14-4-9-7-17-6-8(9)3-12(14)18;/h1-2,5,8-9,12,14,17-18H,3-4,6-7H2;1H/t8-,9+,12+,14+;/m0./s1. The molecule has 0 unspecified atom stereocenters. The fourth-order valence-electron chi connectivity index (χ4n) is 3.12. The van der Waals surface area contributed by atoms with Gasteiger partial charge in [0, 0.05) is 5.02 Å². The number of rotatable bonds is 2. The molecule has 3 rings (SSSR count). The lowest BCUT2D eigenvalue weighted by Crippen LogP contribution is -2.42. The third-order valence-corrected chi connectivity index (χ3v) is 4.40. The lowest BCUT2D eigenvalue weighted by atomic mass is 9.78. The number of aliphatic hydroxyl groups excluding tert-OH is 1. The van der Waals surface area contributed by atoms with E-state index >= 15 is 0 Å². The van der Waals surface area contributed by atoms with E-state index in [9.17, 15) is 9.50 Å². The molecule has 0 amide bonds. The Bertz CT molecular complexity index is 474. The Morgan fingerprint density at radius 1 is 1.25 bits per heavy atom. The predicted molar refractivity (Wildman–Crippen MR) is 78.2 cm³/mol. The molecule has 2 aliphatic rings. The van der Waals surface area contributed by atoms with Gasteiger partial charge in [-0.2, -0.15) is 0 Å². The maximum atomic E-state index is 13.7. The van der Waals surface area contributed by atoms with Crippen LogP contribution in [0.3, 0.4) is 0 Å². The van der Waals surface area contributed by atoms with Crippen molar-refractivity contribution in [1.82, 2.24) is 5.32 Å². The van der Waals surface area contributed by atoms with E-state index in [0.717, 1.165) is 25.9 Å². The zero-order valence-electron chi connectivity index (χ0n) is 10.9. The van der Waals surface area contributed by atoms with Crippen molar-refractivity contribution in [1.29, 1.82) is 0 Å². The molecule has 6 heteroatoms. The number of ether oxygens (including phenoxy) is 1. The lowest BCUT2D eigenvalue weighted by Gasteiger charge is -2.35. The monoisotopic (exact) mass is 321 g/mol. The first-order valence-corrected chi connectivity index (χ1v) is 7.02. The molecule has 0 spiro atoms. The second kappa shape index (κ2) is 6.48. The van der Waals surface area contributed by atoms with E-state index in [-0.39, 0.29) is 24.3 Å². The van der Waals surface area contributed by atoms with Crippen LogP contribution in [-0.4, -0.2) is 30.4 Å². The first-order chi connectivity index (χ1) is 9.13. The van der Waals surface area contributed by atoms with Crippen LogP contribution in [0.15, 0.2) is 18.2 Å². The molecule has 1 aliphatic heterocycles. The van der Waals surface area contributed by atoms with Crippen LogP contribution >= 0.6 is 24.0 Å². The molecule has 4 atom stereocenters. The fraction of sp³-hybridized carbons (Fsp3) is 0.571. The zero-order valence-corrected chi connectivity index (χ0v) is 12.5. The summed E-state index contributed by atoms with van der Waals surface area (Å²) in [5.74, 6) is 0.720. The summed E-state index contributed by atoms with van der Waals surface area (Å²) in [7, 11) is 0. The summed E-state index contributed by atoms with van der Waals surface area (Å²) in [4.78, 5) is 0. The van der Waals surface area contributed by atoms with Gasteiger partial charge in [-0.05, 0) is 56.0 Å². The minimum Gasteiger partial charge on any atom is -0.485 e. The number of fused-ring (bicyclic) bond motifs is 1.